The van der Waals surface area contributed by atoms with Crippen LogP contribution in [-0.2, 0) is 9.59 Å². The van der Waals surface area contributed by atoms with Crippen molar-refractivity contribution in [3.05, 3.63) is 28.7 Å². The van der Waals surface area contributed by atoms with Crippen molar-refractivity contribution in [1.82, 2.24) is 10.2 Å². The molecule has 23 heavy (non-hydrogen) atoms. The van der Waals surface area contributed by atoms with E-state index >= 15 is 0 Å². The normalized spacial score (nSPS) is 24.5. The molecule has 0 saturated carbocycles. The number of carbonyl (C=O) groups excluding carboxylic acids is 2. The standard InChI is InChI=1S/C17H22BrN3O2/c1-19-11-14-6-3-8-20(14)16(22)15-7-9-21(17(15)23)13-5-2-4-12(18)10-13/h2,4-5,10,14-15,19H,3,6-9,11H2,1H3. The molecule has 2 unspecified atom stereocenters. The Morgan fingerprint density at radius 3 is 2.91 bits per heavy atom. The first-order chi connectivity index (χ1) is 11.1. The number of hydrogen-bond donors (Lipinski definition) is 1. The molecule has 2 saturated heterocycles. The highest BCUT2D eigenvalue weighted by molar-refractivity contribution is 9.10. The smallest absolute Gasteiger partial charge is 0.239 e. The molecule has 2 heterocycles. The SMILES string of the molecule is CNCC1CCCN1C(=O)C1CCN(c2cccc(Br)c2)C1=O. The number of likely N-dealkylation sites (N-methyl/N-ethyl adjacent to an activating group) is 1. The lowest BCUT2D eigenvalue weighted by atomic mass is 10.1. The molecule has 2 aliphatic heterocycles. The lowest BCUT2D eigenvalue weighted by Crippen LogP contribution is -2.45. The molecule has 6 heteroatoms. The van der Waals surface area contributed by atoms with Crippen LogP contribution in [0.25, 0.3) is 0 Å². The van der Waals surface area contributed by atoms with Gasteiger partial charge in [0.1, 0.15) is 5.92 Å². The molecule has 1 aromatic carbocycles. The van der Waals surface area contributed by atoms with Gasteiger partial charge in [0, 0.05) is 35.8 Å². The van der Waals surface area contributed by atoms with E-state index in [1.807, 2.05) is 36.2 Å². The zero-order valence-corrected chi connectivity index (χ0v) is 14.9. The van der Waals surface area contributed by atoms with Gasteiger partial charge in [-0.15, -0.1) is 0 Å². The minimum absolute atomic E-state index is 0.00486. The van der Waals surface area contributed by atoms with Crippen LogP contribution in [0.1, 0.15) is 19.3 Å². The Bertz CT molecular complexity index is 607. The van der Waals surface area contributed by atoms with Crippen molar-refractivity contribution in [3.63, 3.8) is 0 Å². The van der Waals surface area contributed by atoms with E-state index in [0.717, 1.165) is 36.1 Å². The summed E-state index contributed by atoms with van der Waals surface area (Å²) in [6.45, 7) is 2.17. The van der Waals surface area contributed by atoms with E-state index in [0.29, 0.717) is 13.0 Å². The van der Waals surface area contributed by atoms with E-state index in [1.165, 1.54) is 0 Å². The molecule has 0 radical (unpaired) electrons. The summed E-state index contributed by atoms with van der Waals surface area (Å²) in [4.78, 5) is 29.2. The Hall–Kier alpha value is -1.40. The van der Waals surface area contributed by atoms with Crippen LogP contribution in [0.15, 0.2) is 28.7 Å². The zero-order chi connectivity index (χ0) is 16.4. The molecule has 2 amide bonds. The Morgan fingerprint density at radius 2 is 2.17 bits per heavy atom. The minimum Gasteiger partial charge on any atom is -0.338 e. The highest BCUT2D eigenvalue weighted by Crippen LogP contribution is 2.30. The highest BCUT2D eigenvalue weighted by atomic mass is 79.9. The van der Waals surface area contributed by atoms with Crippen molar-refractivity contribution in [2.75, 3.05) is 31.6 Å². The summed E-state index contributed by atoms with van der Waals surface area (Å²) in [6.07, 6.45) is 2.64. The lowest BCUT2D eigenvalue weighted by molar-refractivity contribution is -0.140. The average molecular weight is 380 g/mol. The van der Waals surface area contributed by atoms with Gasteiger partial charge in [-0.25, -0.2) is 0 Å². The summed E-state index contributed by atoms with van der Waals surface area (Å²) in [5.74, 6) is -0.583. The van der Waals surface area contributed by atoms with Crippen LogP contribution in [0.2, 0.25) is 0 Å². The molecular weight excluding hydrogens is 358 g/mol. The second-order valence-electron chi connectivity index (χ2n) is 6.20. The fraction of sp³-hybridized carbons (Fsp3) is 0.529. The molecule has 3 rings (SSSR count). The van der Waals surface area contributed by atoms with Gasteiger partial charge in [0.15, 0.2) is 0 Å². The largest absolute Gasteiger partial charge is 0.338 e. The topological polar surface area (TPSA) is 52.7 Å². The van der Waals surface area contributed by atoms with Gasteiger partial charge < -0.3 is 15.1 Å². The van der Waals surface area contributed by atoms with Gasteiger partial charge in [-0.2, -0.15) is 0 Å². The Balaban J connectivity index is 1.72. The van der Waals surface area contributed by atoms with E-state index < -0.39 is 5.92 Å². The van der Waals surface area contributed by atoms with E-state index in [4.69, 9.17) is 0 Å². The molecule has 1 aromatic rings. The van der Waals surface area contributed by atoms with Gasteiger partial charge in [0.25, 0.3) is 0 Å². The van der Waals surface area contributed by atoms with Crippen molar-refractivity contribution in [2.24, 2.45) is 5.92 Å². The van der Waals surface area contributed by atoms with E-state index in [2.05, 4.69) is 21.2 Å². The number of halogens is 1. The van der Waals surface area contributed by atoms with Crippen LogP contribution in [0.3, 0.4) is 0 Å². The summed E-state index contributed by atoms with van der Waals surface area (Å²) >= 11 is 3.43. The number of carbonyl (C=O) groups is 2. The summed E-state index contributed by atoms with van der Waals surface area (Å²) in [6, 6.07) is 7.89. The van der Waals surface area contributed by atoms with Crippen LogP contribution < -0.4 is 10.2 Å². The van der Waals surface area contributed by atoms with E-state index in [-0.39, 0.29) is 17.9 Å². The van der Waals surface area contributed by atoms with E-state index in [1.54, 1.807) is 4.90 Å². The maximum Gasteiger partial charge on any atom is 0.239 e. The molecule has 0 aliphatic carbocycles. The highest BCUT2D eigenvalue weighted by Gasteiger charge is 2.42. The molecule has 2 fully saturated rings. The molecule has 1 N–H and O–H groups in total. The van der Waals surface area contributed by atoms with Gasteiger partial charge in [0.2, 0.25) is 11.8 Å². The van der Waals surface area contributed by atoms with E-state index in [9.17, 15) is 9.59 Å². The predicted molar refractivity (Wildman–Crippen MR) is 93.3 cm³/mol. The number of hydrogen-bond acceptors (Lipinski definition) is 3. The predicted octanol–water partition coefficient (Wildman–Crippen LogP) is 2.01. The first kappa shape index (κ1) is 16.5. The van der Waals surface area contributed by atoms with Crippen molar-refractivity contribution >= 4 is 33.4 Å². The molecule has 2 atom stereocenters. The van der Waals surface area contributed by atoms with Crippen LogP contribution >= 0.6 is 15.9 Å². The third kappa shape index (κ3) is 3.28. The second-order valence-corrected chi connectivity index (χ2v) is 7.11. The molecule has 0 aromatic heterocycles. The number of amides is 2. The minimum atomic E-state index is -0.522. The van der Waals surface area contributed by atoms with Crippen molar-refractivity contribution < 1.29 is 9.59 Å². The quantitative estimate of drug-likeness (QED) is 0.814. The maximum atomic E-state index is 12.8. The van der Waals surface area contributed by atoms with Crippen LogP contribution in [0.5, 0.6) is 0 Å². The summed E-state index contributed by atoms with van der Waals surface area (Å²) in [5.41, 5.74) is 0.855. The fourth-order valence-corrected chi connectivity index (χ4v) is 3.97. The molecule has 2 aliphatic rings. The molecular formula is C17H22BrN3O2. The zero-order valence-electron chi connectivity index (χ0n) is 13.3. The van der Waals surface area contributed by atoms with Crippen LogP contribution in [0.4, 0.5) is 5.69 Å². The van der Waals surface area contributed by atoms with Gasteiger partial charge in [-0.05, 0) is 44.5 Å². The Morgan fingerprint density at radius 1 is 1.35 bits per heavy atom. The van der Waals surface area contributed by atoms with Crippen LogP contribution in [-0.4, -0.2) is 49.4 Å². The monoisotopic (exact) mass is 379 g/mol. The molecule has 124 valence electrons. The number of benzene rings is 1. The van der Waals surface area contributed by atoms with Crippen LogP contribution in [0, 0.1) is 5.92 Å². The van der Waals surface area contributed by atoms with Crippen molar-refractivity contribution in [2.45, 2.75) is 25.3 Å². The van der Waals surface area contributed by atoms with Gasteiger partial charge >= 0.3 is 0 Å². The third-order valence-corrected chi connectivity index (χ3v) is 5.22. The summed E-state index contributed by atoms with van der Waals surface area (Å²) in [5, 5.41) is 3.14. The average Bonchev–Trinajstić information content (AvgIpc) is 3.14. The Labute approximate surface area is 145 Å². The summed E-state index contributed by atoms with van der Waals surface area (Å²) < 4.78 is 0.936. The number of rotatable bonds is 4. The third-order valence-electron chi connectivity index (χ3n) is 4.72. The van der Waals surface area contributed by atoms with Gasteiger partial charge in [-0.1, -0.05) is 22.0 Å². The molecule has 0 bridgehead atoms. The second kappa shape index (κ2) is 7.01. The lowest BCUT2D eigenvalue weighted by Gasteiger charge is -2.27. The number of likely N-dealkylation sites (tertiary alicyclic amines) is 1. The summed E-state index contributed by atoms with van der Waals surface area (Å²) in [7, 11) is 1.90. The fourth-order valence-electron chi connectivity index (χ4n) is 3.58. The number of nitrogens with one attached hydrogen (secondary N) is 1. The first-order valence-corrected chi connectivity index (χ1v) is 8.93. The maximum absolute atomic E-state index is 12.8. The number of nitrogens with zero attached hydrogens (tertiary/aromatic N) is 2. The Kier molecular flexibility index (Phi) is 5.02. The first-order valence-electron chi connectivity index (χ1n) is 8.14. The van der Waals surface area contributed by atoms with Gasteiger partial charge in [0.05, 0.1) is 0 Å². The van der Waals surface area contributed by atoms with Crippen molar-refractivity contribution in [1.29, 1.82) is 0 Å². The molecule has 0 spiro atoms. The number of anilines is 1. The van der Waals surface area contributed by atoms with Crippen molar-refractivity contribution in [3.8, 4) is 0 Å². The molecule has 5 nitrogen and oxygen atoms in total. The van der Waals surface area contributed by atoms with Gasteiger partial charge in [-0.3, -0.25) is 9.59 Å².